The van der Waals surface area contributed by atoms with Crippen molar-refractivity contribution in [3.63, 3.8) is 0 Å². The summed E-state index contributed by atoms with van der Waals surface area (Å²) in [6.07, 6.45) is 4.45. The van der Waals surface area contributed by atoms with Crippen LogP contribution >= 0.6 is 0 Å². The largest absolute Gasteiger partial charge is 0.493 e. The SMILES string of the molecule is CC(=O)O.COc1cc(C(Nc2ccc(C(=N)N)cc2)c2nn(-c3cnccn3)c(=O)[nH]2)cc2c1OCOC2. The molecule has 0 bridgehead atoms. The second kappa shape index (κ2) is 11.9. The number of benzene rings is 2. The third-order valence-corrected chi connectivity index (χ3v) is 5.43. The molecule has 14 nitrogen and oxygen atoms in total. The third kappa shape index (κ3) is 6.37. The topological polar surface area (TPSA) is 203 Å². The molecule has 0 radical (unpaired) electrons. The van der Waals surface area contributed by atoms with Gasteiger partial charge < -0.3 is 30.4 Å². The Labute approximate surface area is 221 Å². The van der Waals surface area contributed by atoms with Crippen LogP contribution in [-0.4, -0.2) is 55.5 Å². The van der Waals surface area contributed by atoms with Crippen molar-refractivity contribution in [1.82, 2.24) is 24.7 Å². The van der Waals surface area contributed by atoms with Crippen molar-refractivity contribution < 1.29 is 24.1 Å². The first kappa shape index (κ1) is 26.8. The summed E-state index contributed by atoms with van der Waals surface area (Å²) in [6.45, 7) is 1.58. The van der Waals surface area contributed by atoms with Crippen LogP contribution in [0.2, 0.25) is 0 Å². The molecule has 2 aromatic heterocycles. The maximum atomic E-state index is 12.8. The number of aliphatic carboxylic acids is 1. The monoisotopic (exact) mass is 534 g/mol. The van der Waals surface area contributed by atoms with Crippen molar-refractivity contribution in [1.29, 1.82) is 5.41 Å². The molecular formula is C25H26N8O6. The van der Waals surface area contributed by atoms with Gasteiger partial charge in [-0.2, -0.15) is 4.68 Å². The van der Waals surface area contributed by atoms with E-state index in [-0.39, 0.29) is 18.4 Å². The van der Waals surface area contributed by atoms with Crippen LogP contribution < -0.4 is 26.2 Å². The summed E-state index contributed by atoms with van der Waals surface area (Å²) in [6, 6.07) is 10.2. The zero-order valence-corrected chi connectivity index (χ0v) is 21.0. The van der Waals surface area contributed by atoms with Gasteiger partial charge in [-0.05, 0) is 42.0 Å². The maximum Gasteiger partial charge on any atom is 0.349 e. The number of carboxylic acid groups (broad SMARTS) is 1. The summed E-state index contributed by atoms with van der Waals surface area (Å²) in [7, 11) is 1.56. The molecule has 0 saturated heterocycles. The van der Waals surface area contributed by atoms with Crippen LogP contribution in [-0.2, 0) is 16.1 Å². The second-order valence-electron chi connectivity index (χ2n) is 8.20. The van der Waals surface area contributed by atoms with Crippen molar-refractivity contribution in [2.24, 2.45) is 5.73 Å². The van der Waals surface area contributed by atoms with Gasteiger partial charge in [-0.15, -0.1) is 5.10 Å². The number of ether oxygens (including phenoxy) is 3. The van der Waals surface area contributed by atoms with Crippen LogP contribution in [0.15, 0.2) is 59.8 Å². The fourth-order valence-corrected chi connectivity index (χ4v) is 3.77. The predicted molar refractivity (Wildman–Crippen MR) is 139 cm³/mol. The zero-order chi connectivity index (χ0) is 27.9. The van der Waals surface area contributed by atoms with Crippen molar-refractivity contribution >= 4 is 17.5 Å². The lowest BCUT2D eigenvalue weighted by Crippen LogP contribution is -2.18. The highest BCUT2D eigenvalue weighted by Gasteiger charge is 2.25. The van der Waals surface area contributed by atoms with Crippen LogP contribution in [0.1, 0.15) is 35.5 Å². The van der Waals surface area contributed by atoms with E-state index >= 15 is 0 Å². The molecule has 0 saturated carbocycles. The Morgan fingerprint density at radius 2 is 2.03 bits per heavy atom. The van der Waals surface area contributed by atoms with Crippen molar-refractivity contribution in [3.8, 4) is 17.3 Å². The van der Waals surface area contributed by atoms with Gasteiger partial charge in [0.2, 0.25) is 0 Å². The molecule has 1 atom stereocenters. The normalized spacial score (nSPS) is 12.7. The molecule has 1 aliphatic heterocycles. The number of aromatic nitrogens is 5. The smallest absolute Gasteiger partial charge is 0.349 e. The summed E-state index contributed by atoms with van der Waals surface area (Å²) in [5, 5.41) is 22.9. The lowest BCUT2D eigenvalue weighted by atomic mass is 10.0. The molecule has 2 aromatic carbocycles. The number of methoxy groups -OCH3 is 1. The van der Waals surface area contributed by atoms with E-state index in [0.29, 0.717) is 29.5 Å². The highest BCUT2D eigenvalue weighted by Crippen LogP contribution is 2.38. The van der Waals surface area contributed by atoms with Gasteiger partial charge in [0.05, 0.1) is 19.9 Å². The maximum absolute atomic E-state index is 12.8. The molecule has 1 unspecified atom stereocenters. The Bertz CT molecular complexity index is 1500. The Morgan fingerprint density at radius 3 is 2.67 bits per heavy atom. The Kier molecular flexibility index (Phi) is 8.16. The van der Waals surface area contributed by atoms with E-state index in [2.05, 4.69) is 25.4 Å². The molecule has 1 aliphatic rings. The number of hydrogen-bond donors (Lipinski definition) is 5. The first-order valence-corrected chi connectivity index (χ1v) is 11.5. The molecule has 0 spiro atoms. The van der Waals surface area contributed by atoms with Gasteiger partial charge in [-0.1, -0.05) is 0 Å². The van der Waals surface area contributed by atoms with Gasteiger partial charge in [0.15, 0.2) is 29.9 Å². The van der Waals surface area contributed by atoms with Crippen molar-refractivity contribution in [2.45, 2.75) is 19.6 Å². The lowest BCUT2D eigenvalue weighted by Gasteiger charge is -2.24. The minimum absolute atomic E-state index is 0.0282. The molecule has 0 amide bonds. The summed E-state index contributed by atoms with van der Waals surface area (Å²) >= 11 is 0. The molecule has 6 N–H and O–H groups in total. The minimum Gasteiger partial charge on any atom is -0.493 e. The van der Waals surface area contributed by atoms with Crippen LogP contribution in [0.4, 0.5) is 5.69 Å². The fraction of sp³-hybridized carbons (Fsp3) is 0.200. The summed E-state index contributed by atoms with van der Waals surface area (Å²) in [5.41, 5.74) is 7.99. The molecule has 14 heteroatoms. The second-order valence-corrected chi connectivity index (χ2v) is 8.20. The van der Waals surface area contributed by atoms with Gasteiger partial charge in [0.1, 0.15) is 11.9 Å². The minimum atomic E-state index is -0.833. The highest BCUT2D eigenvalue weighted by atomic mass is 16.7. The quantitative estimate of drug-likeness (QED) is 0.171. The number of fused-ring (bicyclic) bond motifs is 1. The number of nitrogens with two attached hydrogens (primary N) is 1. The molecule has 39 heavy (non-hydrogen) atoms. The van der Waals surface area contributed by atoms with Crippen LogP contribution in [0.25, 0.3) is 5.82 Å². The number of nitrogens with zero attached hydrogens (tertiary/aromatic N) is 4. The molecule has 202 valence electrons. The van der Waals surface area contributed by atoms with Crippen LogP contribution in [0.3, 0.4) is 0 Å². The van der Waals surface area contributed by atoms with Gasteiger partial charge in [0, 0.05) is 36.1 Å². The summed E-state index contributed by atoms with van der Waals surface area (Å²) in [4.78, 5) is 32.7. The molecular weight excluding hydrogens is 508 g/mol. The standard InChI is InChI=1S/C23H22N8O4.C2H4O2/c1-33-17-9-14(8-15-11-34-12-35-20(15)17)19(28-16-4-2-13(3-5-16)21(24)25)22-29-23(32)31(30-22)18-10-26-6-7-27-18;1-2(3)4/h2-10,19,28H,11-12H2,1H3,(H3,24,25)(H,29,30,32);1H3,(H,3,4). The average molecular weight is 535 g/mol. The van der Waals surface area contributed by atoms with Crippen molar-refractivity contribution in [3.05, 3.63) is 88.0 Å². The first-order valence-electron chi connectivity index (χ1n) is 11.5. The fourth-order valence-electron chi connectivity index (χ4n) is 3.77. The van der Waals surface area contributed by atoms with E-state index in [9.17, 15) is 4.79 Å². The van der Waals surface area contributed by atoms with Crippen LogP contribution in [0.5, 0.6) is 11.5 Å². The predicted octanol–water partition coefficient (Wildman–Crippen LogP) is 1.80. The first-order chi connectivity index (χ1) is 18.8. The van der Waals surface area contributed by atoms with E-state index in [1.165, 1.54) is 18.6 Å². The third-order valence-electron chi connectivity index (χ3n) is 5.43. The Balaban J connectivity index is 0.000000826. The lowest BCUT2D eigenvalue weighted by molar-refractivity contribution is -0.134. The van der Waals surface area contributed by atoms with E-state index in [4.69, 9.17) is 35.3 Å². The van der Waals surface area contributed by atoms with Gasteiger partial charge in [0.25, 0.3) is 5.97 Å². The highest BCUT2D eigenvalue weighted by molar-refractivity contribution is 5.95. The molecule has 3 heterocycles. The van der Waals surface area contributed by atoms with Gasteiger partial charge in [-0.3, -0.25) is 20.2 Å². The number of carbonyl (C=O) groups is 1. The molecule has 0 aliphatic carbocycles. The zero-order valence-electron chi connectivity index (χ0n) is 21.0. The van der Waals surface area contributed by atoms with Gasteiger partial charge >= 0.3 is 5.69 Å². The Hall–Kier alpha value is -5.24. The van der Waals surface area contributed by atoms with Gasteiger partial charge in [-0.25, -0.2) is 9.78 Å². The van der Waals surface area contributed by atoms with E-state index in [1.807, 2.05) is 12.1 Å². The molecule has 4 aromatic rings. The number of H-pyrrole nitrogens is 1. The van der Waals surface area contributed by atoms with E-state index in [1.54, 1.807) is 31.4 Å². The number of hydrogen-bond acceptors (Lipinski definition) is 10. The molecule has 5 rings (SSSR count). The van der Waals surface area contributed by atoms with Crippen LogP contribution in [0, 0.1) is 5.41 Å². The number of nitrogens with one attached hydrogen (secondary N) is 3. The van der Waals surface area contributed by atoms with Crippen molar-refractivity contribution in [2.75, 3.05) is 19.2 Å². The van der Waals surface area contributed by atoms with E-state index < -0.39 is 17.7 Å². The van der Waals surface area contributed by atoms with E-state index in [0.717, 1.165) is 28.4 Å². The Morgan fingerprint density at radius 1 is 1.28 bits per heavy atom. The summed E-state index contributed by atoms with van der Waals surface area (Å²) < 4.78 is 17.8. The molecule has 0 fully saturated rings. The number of amidine groups is 1. The summed E-state index contributed by atoms with van der Waals surface area (Å²) in [5.74, 6) is 0.922. The number of carboxylic acids is 1. The number of rotatable bonds is 7. The number of aromatic amines is 1. The average Bonchev–Trinajstić information content (AvgIpc) is 3.32. The number of nitrogen functional groups attached to an aromatic ring is 1. The number of anilines is 1.